The molecule has 4 nitrogen and oxygen atoms in total. The Morgan fingerprint density at radius 2 is 2.35 bits per heavy atom. The lowest BCUT2D eigenvalue weighted by Crippen LogP contribution is -2.47. The summed E-state index contributed by atoms with van der Waals surface area (Å²) in [5.41, 5.74) is 1.17. The van der Waals surface area contributed by atoms with Crippen LogP contribution in [0.2, 0.25) is 0 Å². The van der Waals surface area contributed by atoms with Crippen molar-refractivity contribution in [1.82, 2.24) is 10.2 Å². The van der Waals surface area contributed by atoms with E-state index >= 15 is 0 Å². The molecule has 0 bridgehead atoms. The van der Waals surface area contributed by atoms with Gasteiger partial charge in [0.25, 0.3) is 0 Å². The Labute approximate surface area is 109 Å². The molecule has 1 aliphatic heterocycles. The quantitative estimate of drug-likeness (QED) is 0.917. The fourth-order valence-corrected chi connectivity index (χ4v) is 2.48. The van der Waals surface area contributed by atoms with Crippen molar-refractivity contribution in [2.45, 2.75) is 6.54 Å². The van der Waals surface area contributed by atoms with Crippen LogP contribution in [0.3, 0.4) is 0 Å². The van der Waals surface area contributed by atoms with E-state index in [1.54, 1.807) is 7.11 Å². The van der Waals surface area contributed by atoms with Crippen LogP contribution in [0.5, 0.6) is 5.75 Å². The van der Waals surface area contributed by atoms with Gasteiger partial charge in [0, 0.05) is 19.6 Å². The number of nitrogens with one attached hydrogen (secondary N) is 1. The minimum Gasteiger partial charge on any atom is -0.496 e. The summed E-state index contributed by atoms with van der Waals surface area (Å²) in [6.45, 7) is 2.89. The van der Waals surface area contributed by atoms with Gasteiger partial charge < -0.3 is 10.1 Å². The number of nitrogens with zero attached hydrogens (tertiary/aromatic N) is 1. The standard InChI is InChI=1S/C12H15BrN2O2/c1-17-11-3-2-9(6-10(11)13)7-15-5-4-14-12(16)8-15/h2-3,6H,4-5,7-8H2,1H3,(H,14,16). The molecular formula is C12H15BrN2O2. The van der Waals surface area contributed by atoms with Crippen molar-refractivity contribution in [2.75, 3.05) is 26.7 Å². The predicted molar refractivity (Wildman–Crippen MR) is 69.0 cm³/mol. The van der Waals surface area contributed by atoms with Crippen LogP contribution in [0.15, 0.2) is 22.7 Å². The molecule has 0 spiro atoms. The molecule has 1 amide bonds. The third kappa shape index (κ3) is 3.20. The van der Waals surface area contributed by atoms with E-state index in [0.717, 1.165) is 29.9 Å². The monoisotopic (exact) mass is 298 g/mol. The highest BCUT2D eigenvalue weighted by molar-refractivity contribution is 9.10. The van der Waals surface area contributed by atoms with Crippen molar-refractivity contribution in [3.63, 3.8) is 0 Å². The van der Waals surface area contributed by atoms with Gasteiger partial charge in [0.05, 0.1) is 18.1 Å². The van der Waals surface area contributed by atoms with Gasteiger partial charge in [-0.1, -0.05) is 6.07 Å². The molecule has 5 heteroatoms. The number of methoxy groups -OCH3 is 1. The molecule has 0 unspecified atom stereocenters. The maximum Gasteiger partial charge on any atom is 0.234 e. The Kier molecular flexibility index (Phi) is 4.02. The molecule has 17 heavy (non-hydrogen) atoms. The van der Waals surface area contributed by atoms with Crippen molar-refractivity contribution >= 4 is 21.8 Å². The fraction of sp³-hybridized carbons (Fsp3) is 0.417. The first-order valence-corrected chi connectivity index (χ1v) is 6.30. The molecule has 0 radical (unpaired) electrons. The van der Waals surface area contributed by atoms with E-state index in [-0.39, 0.29) is 5.91 Å². The Balaban J connectivity index is 2.03. The SMILES string of the molecule is COc1ccc(CN2CCNC(=O)C2)cc1Br. The van der Waals surface area contributed by atoms with Crippen LogP contribution >= 0.6 is 15.9 Å². The van der Waals surface area contributed by atoms with Crippen molar-refractivity contribution in [3.8, 4) is 5.75 Å². The first kappa shape index (κ1) is 12.4. The zero-order valence-electron chi connectivity index (χ0n) is 9.70. The summed E-state index contributed by atoms with van der Waals surface area (Å²) >= 11 is 3.46. The molecule has 92 valence electrons. The largest absolute Gasteiger partial charge is 0.496 e. The van der Waals surface area contributed by atoms with E-state index in [0.29, 0.717) is 6.54 Å². The number of hydrogen-bond acceptors (Lipinski definition) is 3. The first-order valence-electron chi connectivity index (χ1n) is 5.50. The van der Waals surface area contributed by atoms with Gasteiger partial charge in [-0.3, -0.25) is 9.69 Å². The van der Waals surface area contributed by atoms with Crippen molar-refractivity contribution in [2.24, 2.45) is 0 Å². The van der Waals surface area contributed by atoms with Crippen LogP contribution in [-0.2, 0) is 11.3 Å². The summed E-state index contributed by atoms with van der Waals surface area (Å²) in [6.07, 6.45) is 0. The van der Waals surface area contributed by atoms with Gasteiger partial charge in [0.15, 0.2) is 0 Å². The van der Waals surface area contributed by atoms with Gasteiger partial charge >= 0.3 is 0 Å². The van der Waals surface area contributed by atoms with E-state index in [9.17, 15) is 4.79 Å². The highest BCUT2D eigenvalue weighted by Gasteiger charge is 2.16. The van der Waals surface area contributed by atoms with E-state index in [1.807, 2.05) is 18.2 Å². The van der Waals surface area contributed by atoms with Gasteiger partial charge in [0.2, 0.25) is 5.91 Å². The number of rotatable bonds is 3. The van der Waals surface area contributed by atoms with Crippen molar-refractivity contribution in [3.05, 3.63) is 28.2 Å². The number of carbonyl (C=O) groups is 1. The lowest BCUT2D eigenvalue weighted by Gasteiger charge is -2.26. The second kappa shape index (κ2) is 5.51. The minimum atomic E-state index is 0.101. The Bertz CT molecular complexity index is 423. The molecule has 1 saturated heterocycles. The number of halogens is 1. The van der Waals surface area contributed by atoms with Gasteiger partial charge in [-0.05, 0) is 33.6 Å². The maximum atomic E-state index is 11.2. The Hall–Kier alpha value is -1.07. The van der Waals surface area contributed by atoms with Crippen LogP contribution in [0.1, 0.15) is 5.56 Å². The lowest BCUT2D eigenvalue weighted by atomic mass is 10.2. The molecule has 0 atom stereocenters. The average Bonchev–Trinajstić information content (AvgIpc) is 2.29. The van der Waals surface area contributed by atoms with E-state index in [2.05, 4.69) is 26.1 Å². The summed E-state index contributed by atoms with van der Waals surface area (Å²) in [5.74, 6) is 0.925. The van der Waals surface area contributed by atoms with Crippen LogP contribution in [-0.4, -0.2) is 37.6 Å². The molecule has 1 aromatic rings. The first-order chi connectivity index (χ1) is 8.19. The summed E-state index contributed by atoms with van der Waals surface area (Å²) in [4.78, 5) is 13.4. The normalized spacial score (nSPS) is 16.7. The molecular weight excluding hydrogens is 284 g/mol. The van der Waals surface area contributed by atoms with E-state index < -0.39 is 0 Å². The predicted octanol–water partition coefficient (Wildman–Crippen LogP) is 1.39. The summed E-state index contributed by atoms with van der Waals surface area (Å²) in [5, 5.41) is 2.82. The molecule has 1 heterocycles. The number of amides is 1. The molecule has 0 aliphatic carbocycles. The molecule has 0 saturated carbocycles. The van der Waals surface area contributed by atoms with Gasteiger partial charge in [0.1, 0.15) is 5.75 Å². The van der Waals surface area contributed by atoms with Gasteiger partial charge in [-0.15, -0.1) is 0 Å². The molecule has 1 fully saturated rings. The van der Waals surface area contributed by atoms with Crippen molar-refractivity contribution in [1.29, 1.82) is 0 Å². The maximum absolute atomic E-state index is 11.2. The molecule has 2 rings (SSSR count). The smallest absolute Gasteiger partial charge is 0.234 e. The number of ether oxygens (including phenoxy) is 1. The van der Waals surface area contributed by atoms with Crippen LogP contribution in [0.25, 0.3) is 0 Å². The summed E-state index contributed by atoms with van der Waals surface area (Å²) in [7, 11) is 1.65. The highest BCUT2D eigenvalue weighted by atomic mass is 79.9. The van der Waals surface area contributed by atoms with Crippen LogP contribution in [0.4, 0.5) is 0 Å². The third-order valence-corrected chi connectivity index (χ3v) is 3.36. The molecule has 1 aliphatic rings. The fourth-order valence-electron chi connectivity index (χ4n) is 1.89. The second-order valence-corrected chi connectivity index (χ2v) is 4.88. The number of piperazine rings is 1. The van der Waals surface area contributed by atoms with Gasteiger partial charge in [-0.2, -0.15) is 0 Å². The summed E-state index contributed by atoms with van der Waals surface area (Å²) < 4.78 is 6.13. The minimum absolute atomic E-state index is 0.101. The van der Waals surface area contributed by atoms with E-state index in [1.165, 1.54) is 5.56 Å². The highest BCUT2D eigenvalue weighted by Crippen LogP contribution is 2.26. The van der Waals surface area contributed by atoms with E-state index in [4.69, 9.17) is 4.74 Å². The molecule has 0 aromatic heterocycles. The zero-order chi connectivity index (χ0) is 12.3. The number of hydrogen-bond donors (Lipinski definition) is 1. The number of benzene rings is 1. The van der Waals surface area contributed by atoms with Crippen LogP contribution < -0.4 is 10.1 Å². The zero-order valence-corrected chi connectivity index (χ0v) is 11.3. The Morgan fingerprint density at radius 1 is 1.53 bits per heavy atom. The third-order valence-electron chi connectivity index (χ3n) is 2.74. The topological polar surface area (TPSA) is 41.6 Å². The number of carbonyl (C=O) groups excluding carboxylic acids is 1. The summed E-state index contributed by atoms with van der Waals surface area (Å²) in [6, 6.07) is 5.99. The Morgan fingerprint density at radius 3 is 3.00 bits per heavy atom. The lowest BCUT2D eigenvalue weighted by molar-refractivity contribution is -0.124. The van der Waals surface area contributed by atoms with Crippen molar-refractivity contribution < 1.29 is 9.53 Å². The molecule has 1 N–H and O–H groups in total. The average molecular weight is 299 g/mol. The van der Waals surface area contributed by atoms with Crippen LogP contribution in [0, 0.1) is 0 Å². The second-order valence-electron chi connectivity index (χ2n) is 4.03. The molecule has 1 aromatic carbocycles. The van der Waals surface area contributed by atoms with Gasteiger partial charge in [-0.25, -0.2) is 0 Å².